The van der Waals surface area contributed by atoms with Crippen LogP contribution < -0.4 is 5.73 Å². The molecule has 2 atom stereocenters. The fourth-order valence-electron chi connectivity index (χ4n) is 1.31. The normalized spacial score (nSPS) is 26.9. The maximum Gasteiger partial charge on any atom is 0.350 e. The van der Waals surface area contributed by atoms with Crippen molar-refractivity contribution in [2.75, 3.05) is 19.7 Å². The summed E-state index contributed by atoms with van der Waals surface area (Å²) in [5.74, 6) is -3.38. The molecule has 0 saturated carbocycles. The summed E-state index contributed by atoms with van der Waals surface area (Å²) in [5.41, 5.74) is 5.51. The van der Waals surface area contributed by atoms with Crippen molar-refractivity contribution < 1.29 is 21.9 Å². The maximum atomic E-state index is 12.2. The van der Waals surface area contributed by atoms with Crippen LogP contribution in [-0.2, 0) is 14.8 Å². The molecule has 90 valence electrons. The molecule has 1 fully saturated rings. The van der Waals surface area contributed by atoms with E-state index in [0.717, 1.165) is 4.31 Å². The Kier molecular flexibility index (Phi) is 3.99. The molecule has 0 spiro atoms. The van der Waals surface area contributed by atoms with E-state index in [1.807, 2.05) is 0 Å². The minimum Gasteiger partial charge on any atom is -0.374 e. The number of rotatable bonds is 3. The predicted molar refractivity (Wildman–Crippen MR) is 49.9 cm³/mol. The highest BCUT2D eigenvalue weighted by Gasteiger charge is 2.36. The Morgan fingerprint density at radius 2 is 2.13 bits per heavy atom. The summed E-state index contributed by atoms with van der Waals surface area (Å²) >= 11 is 0. The maximum absolute atomic E-state index is 12.2. The molecule has 15 heavy (non-hydrogen) atoms. The molecule has 5 nitrogen and oxygen atoms in total. The van der Waals surface area contributed by atoms with Gasteiger partial charge in [-0.25, -0.2) is 8.42 Å². The van der Waals surface area contributed by atoms with Crippen LogP contribution in [0.5, 0.6) is 0 Å². The van der Waals surface area contributed by atoms with Crippen LogP contribution in [0.2, 0.25) is 0 Å². The molecule has 0 radical (unpaired) electrons. The van der Waals surface area contributed by atoms with Crippen LogP contribution in [-0.4, -0.2) is 50.3 Å². The van der Waals surface area contributed by atoms with Crippen molar-refractivity contribution in [2.24, 2.45) is 5.73 Å². The lowest BCUT2D eigenvalue weighted by Gasteiger charge is -2.33. The lowest BCUT2D eigenvalue weighted by molar-refractivity contribution is -0.0136. The highest BCUT2D eigenvalue weighted by Crippen LogP contribution is 2.17. The third-order valence-corrected chi connectivity index (χ3v) is 3.73. The zero-order valence-corrected chi connectivity index (χ0v) is 9.08. The summed E-state index contributed by atoms with van der Waals surface area (Å²) in [5, 5.41) is 0. The quantitative estimate of drug-likeness (QED) is 0.732. The van der Waals surface area contributed by atoms with Gasteiger partial charge in [0, 0.05) is 19.1 Å². The first-order chi connectivity index (χ1) is 6.85. The summed E-state index contributed by atoms with van der Waals surface area (Å²) in [6.07, 6.45) is -0.521. The van der Waals surface area contributed by atoms with Gasteiger partial charge in [0.25, 0.3) is 10.0 Å². The molecule has 1 aliphatic rings. The lowest BCUT2D eigenvalue weighted by Crippen LogP contribution is -2.52. The molecule has 1 heterocycles. The number of morpholine rings is 1. The second-order valence-electron chi connectivity index (χ2n) is 3.43. The van der Waals surface area contributed by atoms with Gasteiger partial charge < -0.3 is 10.5 Å². The van der Waals surface area contributed by atoms with Gasteiger partial charge in [-0.1, -0.05) is 0 Å². The van der Waals surface area contributed by atoms with E-state index in [0.29, 0.717) is 0 Å². The Bertz CT molecular complexity index is 307. The van der Waals surface area contributed by atoms with E-state index in [1.54, 1.807) is 6.92 Å². The van der Waals surface area contributed by atoms with E-state index in [1.165, 1.54) is 0 Å². The molecular weight excluding hydrogens is 230 g/mol. The highest BCUT2D eigenvalue weighted by molar-refractivity contribution is 7.89. The van der Waals surface area contributed by atoms with E-state index < -0.39 is 21.9 Å². The van der Waals surface area contributed by atoms with E-state index in [9.17, 15) is 17.2 Å². The van der Waals surface area contributed by atoms with Crippen molar-refractivity contribution in [3.05, 3.63) is 0 Å². The van der Waals surface area contributed by atoms with E-state index >= 15 is 0 Å². The first-order valence-electron chi connectivity index (χ1n) is 4.50. The fraction of sp³-hybridized carbons (Fsp3) is 1.00. The molecule has 1 saturated heterocycles. The number of hydrogen-bond acceptors (Lipinski definition) is 4. The topological polar surface area (TPSA) is 72.6 Å². The van der Waals surface area contributed by atoms with Crippen LogP contribution in [0.3, 0.4) is 0 Å². The van der Waals surface area contributed by atoms with Gasteiger partial charge in [-0.05, 0) is 6.92 Å². The molecule has 8 heteroatoms. The Balaban J connectivity index is 2.72. The molecule has 0 aromatic rings. The van der Waals surface area contributed by atoms with Crippen molar-refractivity contribution in [3.8, 4) is 0 Å². The summed E-state index contributed by atoms with van der Waals surface area (Å²) in [6, 6.07) is -0.388. The molecule has 1 aliphatic heterocycles. The number of hydrogen-bond donors (Lipinski definition) is 1. The minimum absolute atomic E-state index is 0.0457. The van der Waals surface area contributed by atoms with Gasteiger partial charge in [0.15, 0.2) is 0 Å². The van der Waals surface area contributed by atoms with Gasteiger partial charge >= 0.3 is 5.76 Å². The van der Waals surface area contributed by atoms with E-state index in [2.05, 4.69) is 0 Å². The van der Waals surface area contributed by atoms with Gasteiger partial charge in [0.1, 0.15) is 0 Å². The largest absolute Gasteiger partial charge is 0.374 e. The average Bonchev–Trinajstić information content (AvgIpc) is 2.17. The summed E-state index contributed by atoms with van der Waals surface area (Å²) < 4.78 is 52.6. The lowest BCUT2D eigenvalue weighted by atomic mass is 10.2. The summed E-state index contributed by atoms with van der Waals surface area (Å²) in [7, 11) is -4.50. The van der Waals surface area contributed by atoms with Crippen LogP contribution in [0, 0.1) is 0 Å². The van der Waals surface area contributed by atoms with Crippen molar-refractivity contribution >= 4 is 10.0 Å². The number of halogens is 2. The number of nitrogens with zero attached hydrogens (tertiary/aromatic N) is 1. The van der Waals surface area contributed by atoms with Crippen LogP contribution in [0.4, 0.5) is 8.78 Å². The predicted octanol–water partition coefficient (Wildman–Crippen LogP) is -0.413. The molecule has 0 amide bonds. The van der Waals surface area contributed by atoms with Gasteiger partial charge in [0.2, 0.25) is 0 Å². The number of ether oxygens (including phenoxy) is 1. The zero-order chi connectivity index (χ0) is 11.6. The van der Waals surface area contributed by atoms with Gasteiger partial charge in [-0.3, -0.25) is 0 Å². The molecule has 1 rings (SSSR count). The minimum atomic E-state index is -4.50. The fourth-order valence-corrected chi connectivity index (χ4v) is 2.22. The third kappa shape index (κ3) is 2.83. The molecule has 2 unspecified atom stereocenters. The first kappa shape index (κ1) is 12.8. The van der Waals surface area contributed by atoms with E-state index in [4.69, 9.17) is 10.5 Å². The standard InChI is InChI=1S/C7H14F2N2O3S/c1-5(10)6-4-11(2-3-14-6)15(12,13)7(8)9/h5-7H,2-4,10H2,1H3. The first-order valence-corrected chi connectivity index (χ1v) is 6.00. The van der Waals surface area contributed by atoms with Gasteiger partial charge in [0.05, 0.1) is 12.7 Å². The third-order valence-electron chi connectivity index (χ3n) is 2.23. The molecule has 2 N–H and O–H groups in total. The van der Waals surface area contributed by atoms with Crippen LogP contribution in [0.15, 0.2) is 0 Å². The Morgan fingerprint density at radius 1 is 1.53 bits per heavy atom. The second-order valence-corrected chi connectivity index (χ2v) is 5.33. The smallest absolute Gasteiger partial charge is 0.350 e. The van der Waals surface area contributed by atoms with Crippen LogP contribution in [0.1, 0.15) is 6.92 Å². The second kappa shape index (κ2) is 4.69. The Hall–Kier alpha value is -0.310. The van der Waals surface area contributed by atoms with E-state index in [-0.39, 0.29) is 25.7 Å². The van der Waals surface area contributed by atoms with Crippen LogP contribution >= 0.6 is 0 Å². The highest BCUT2D eigenvalue weighted by atomic mass is 32.2. The average molecular weight is 244 g/mol. The van der Waals surface area contributed by atoms with Crippen molar-refractivity contribution in [1.82, 2.24) is 4.31 Å². The van der Waals surface area contributed by atoms with Crippen molar-refractivity contribution in [1.29, 1.82) is 0 Å². The molecule has 0 bridgehead atoms. The van der Waals surface area contributed by atoms with Gasteiger partial charge in [-0.15, -0.1) is 0 Å². The Labute approximate surface area is 87.2 Å². The van der Waals surface area contributed by atoms with Crippen molar-refractivity contribution in [3.63, 3.8) is 0 Å². The summed E-state index contributed by atoms with van der Waals surface area (Å²) in [6.45, 7) is 1.58. The zero-order valence-electron chi connectivity index (χ0n) is 8.27. The molecule has 0 aromatic carbocycles. The molecule has 0 aliphatic carbocycles. The van der Waals surface area contributed by atoms with Crippen LogP contribution in [0.25, 0.3) is 0 Å². The molecular formula is C7H14F2N2O3S. The Morgan fingerprint density at radius 3 is 2.60 bits per heavy atom. The number of sulfonamides is 1. The monoisotopic (exact) mass is 244 g/mol. The van der Waals surface area contributed by atoms with Crippen molar-refractivity contribution in [2.45, 2.75) is 24.8 Å². The number of alkyl halides is 2. The number of nitrogens with two attached hydrogens (primary N) is 1. The van der Waals surface area contributed by atoms with Gasteiger partial charge in [-0.2, -0.15) is 13.1 Å². The molecule has 0 aromatic heterocycles. The SMILES string of the molecule is CC(N)C1CN(S(=O)(=O)C(F)F)CCO1. The summed E-state index contributed by atoms with van der Waals surface area (Å²) in [4.78, 5) is 0.